The predicted molar refractivity (Wildman–Crippen MR) is 110 cm³/mol. The maximum atomic E-state index is 13.2. The van der Waals surface area contributed by atoms with E-state index in [0.29, 0.717) is 5.56 Å². The van der Waals surface area contributed by atoms with Crippen molar-refractivity contribution in [3.8, 4) is 0 Å². The number of hydrogen-bond donors (Lipinski definition) is 1. The van der Waals surface area contributed by atoms with Gasteiger partial charge >= 0.3 is 6.03 Å². The fraction of sp³-hybridized carbons (Fsp3) is 0.227. The first-order valence-corrected chi connectivity index (χ1v) is 9.85. The van der Waals surface area contributed by atoms with Crippen molar-refractivity contribution in [1.29, 1.82) is 0 Å². The molecule has 1 atom stereocenters. The van der Waals surface area contributed by atoms with Crippen LogP contribution in [0.15, 0.2) is 48.5 Å². The van der Waals surface area contributed by atoms with Gasteiger partial charge in [0, 0.05) is 15.3 Å². The maximum Gasteiger partial charge on any atom is 0.325 e. The van der Waals surface area contributed by atoms with E-state index in [1.807, 2.05) is 62.4 Å². The number of Topliss-reactive ketones (excluding diaryl/α,β-unsaturated/α-hetero) is 1. The molecule has 1 fully saturated rings. The van der Waals surface area contributed by atoms with Gasteiger partial charge in [0.05, 0.1) is 6.54 Å². The molecule has 3 amide bonds. The Kier molecular flexibility index (Phi) is 4.31. The normalized spacial score (nSPS) is 19.3. The molecule has 0 saturated carbocycles. The molecule has 142 valence electrons. The van der Waals surface area contributed by atoms with Gasteiger partial charge in [0.25, 0.3) is 5.91 Å². The molecule has 0 spiro atoms. The lowest BCUT2D eigenvalue weighted by atomic mass is 9.88. The van der Waals surface area contributed by atoms with Gasteiger partial charge in [0.1, 0.15) is 5.54 Å². The number of fused-ring (bicyclic) bond motifs is 1. The van der Waals surface area contributed by atoms with Crippen LogP contribution in [0.4, 0.5) is 4.79 Å². The van der Waals surface area contributed by atoms with Crippen LogP contribution in [0.2, 0.25) is 0 Å². The summed E-state index contributed by atoms with van der Waals surface area (Å²) in [7, 11) is 0. The van der Waals surface area contributed by atoms with Crippen molar-refractivity contribution in [3.63, 3.8) is 0 Å². The summed E-state index contributed by atoms with van der Waals surface area (Å²) in [6.45, 7) is 5.23. The molecule has 2 aromatic carbocycles. The fourth-order valence-electron chi connectivity index (χ4n) is 3.82. The molecule has 6 heteroatoms. The van der Waals surface area contributed by atoms with Crippen LogP contribution in [0.5, 0.6) is 0 Å². The first-order chi connectivity index (χ1) is 13.3. The van der Waals surface area contributed by atoms with Crippen LogP contribution in [0.25, 0.3) is 10.8 Å². The van der Waals surface area contributed by atoms with Crippen molar-refractivity contribution in [2.45, 2.75) is 26.3 Å². The number of imide groups is 1. The Bertz CT molecular complexity index is 1130. The standard InChI is InChI=1S/C22H20N2O3S/c1-13-11-17(14(2)28-13)19(25)12-24-20(26)22(3,23-21(24)27)18-10-6-8-15-7-4-5-9-16(15)18/h4-11H,12H2,1-3H3,(H,23,27). The molecular formula is C22H20N2O3S. The average molecular weight is 392 g/mol. The van der Waals surface area contributed by atoms with Crippen molar-refractivity contribution >= 4 is 39.8 Å². The minimum atomic E-state index is -1.21. The molecule has 1 aliphatic heterocycles. The largest absolute Gasteiger partial charge is 0.325 e. The third-order valence-corrected chi connectivity index (χ3v) is 6.21. The molecule has 4 rings (SSSR count). The highest BCUT2D eigenvalue weighted by molar-refractivity contribution is 7.12. The van der Waals surface area contributed by atoms with Crippen LogP contribution < -0.4 is 5.32 Å². The highest BCUT2D eigenvalue weighted by atomic mass is 32.1. The number of rotatable bonds is 4. The number of hydrogen-bond acceptors (Lipinski definition) is 4. The van der Waals surface area contributed by atoms with Crippen LogP contribution in [-0.2, 0) is 10.3 Å². The predicted octanol–water partition coefficient (Wildman–Crippen LogP) is 4.17. The first kappa shape index (κ1) is 18.4. The third-order valence-electron chi connectivity index (χ3n) is 5.25. The van der Waals surface area contributed by atoms with Gasteiger partial charge < -0.3 is 5.32 Å². The van der Waals surface area contributed by atoms with E-state index in [9.17, 15) is 14.4 Å². The van der Waals surface area contributed by atoms with Crippen LogP contribution >= 0.6 is 11.3 Å². The SMILES string of the molecule is Cc1cc(C(=O)CN2C(=O)NC(C)(c3cccc4ccccc34)C2=O)c(C)s1. The summed E-state index contributed by atoms with van der Waals surface area (Å²) >= 11 is 1.53. The summed E-state index contributed by atoms with van der Waals surface area (Å²) in [6.07, 6.45) is 0. The molecule has 0 aliphatic carbocycles. The van der Waals surface area contributed by atoms with E-state index in [2.05, 4.69) is 5.32 Å². The number of nitrogens with zero attached hydrogens (tertiary/aromatic N) is 1. The van der Waals surface area contributed by atoms with Gasteiger partial charge in [-0.3, -0.25) is 14.5 Å². The summed E-state index contributed by atoms with van der Waals surface area (Å²) in [4.78, 5) is 41.5. The molecule has 1 saturated heterocycles. The molecule has 2 heterocycles. The van der Waals surface area contributed by atoms with E-state index in [4.69, 9.17) is 0 Å². The van der Waals surface area contributed by atoms with E-state index < -0.39 is 17.5 Å². The molecule has 0 radical (unpaired) electrons. The Morgan fingerprint density at radius 3 is 2.54 bits per heavy atom. The number of benzene rings is 2. The number of urea groups is 1. The first-order valence-electron chi connectivity index (χ1n) is 9.04. The van der Waals surface area contributed by atoms with Gasteiger partial charge in [0.2, 0.25) is 0 Å². The van der Waals surface area contributed by atoms with Crippen LogP contribution in [0.1, 0.15) is 32.6 Å². The van der Waals surface area contributed by atoms with E-state index >= 15 is 0 Å². The van der Waals surface area contributed by atoms with Crippen molar-refractivity contribution in [2.24, 2.45) is 0 Å². The molecule has 1 aromatic heterocycles. The Labute approximate surface area is 167 Å². The van der Waals surface area contributed by atoms with E-state index in [-0.39, 0.29) is 12.3 Å². The van der Waals surface area contributed by atoms with Gasteiger partial charge in [-0.25, -0.2) is 4.79 Å². The zero-order valence-electron chi connectivity index (χ0n) is 15.9. The smallest absolute Gasteiger partial charge is 0.319 e. The number of thiophene rings is 1. The van der Waals surface area contributed by atoms with Gasteiger partial charge in [-0.05, 0) is 43.2 Å². The second-order valence-electron chi connectivity index (χ2n) is 7.22. The quantitative estimate of drug-likeness (QED) is 0.535. The summed E-state index contributed by atoms with van der Waals surface area (Å²) < 4.78 is 0. The van der Waals surface area contributed by atoms with Crippen molar-refractivity contribution in [2.75, 3.05) is 6.54 Å². The van der Waals surface area contributed by atoms with E-state index in [1.54, 1.807) is 6.92 Å². The molecule has 1 aliphatic rings. The molecule has 3 aromatic rings. The van der Waals surface area contributed by atoms with Gasteiger partial charge in [0.15, 0.2) is 5.78 Å². The zero-order valence-corrected chi connectivity index (χ0v) is 16.7. The lowest BCUT2D eigenvalue weighted by molar-refractivity contribution is -0.130. The lowest BCUT2D eigenvalue weighted by Gasteiger charge is -2.24. The fourth-order valence-corrected chi connectivity index (χ4v) is 4.76. The maximum absolute atomic E-state index is 13.2. The monoisotopic (exact) mass is 392 g/mol. The van der Waals surface area contributed by atoms with Crippen LogP contribution in [0, 0.1) is 13.8 Å². The second-order valence-corrected chi connectivity index (χ2v) is 8.68. The summed E-state index contributed by atoms with van der Waals surface area (Å²) in [5, 5.41) is 4.69. The summed E-state index contributed by atoms with van der Waals surface area (Å²) in [5.74, 6) is -0.640. The highest BCUT2D eigenvalue weighted by Gasteiger charge is 2.50. The summed E-state index contributed by atoms with van der Waals surface area (Å²) in [6, 6.07) is 14.7. The molecule has 28 heavy (non-hydrogen) atoms. The van der Waals surface area contributed by atoms with Crippen LogP contribution in [0.3, 0.4) is 0 Å². The average Bonchev–Trinajstić information content (AvgIpc) is 3.12. The Morgan fingerprint density at radius 2 is 1.82 bits per heavy atom. The minimum absolute atomic E-state index is 0.229. The molecule has 1 unspecified atom stereocenters. The number of amides is 3. The van der Waals surface area contributed by atoms with Gasteiger partial charge in [-0.1, -0.05) is 42.5 Å². The second kappa shape index (κ2) is 6.56. The lowest BCUT2D eigenvalue weighted by Crippen LogP contribution is -2.41. The van der Waals surface area contributed by atoms with Crippen molar-refractivity contribution < 1.29 is 14.4 Å². The number of aryl methyl sites for hydroxylation is 2. The third kappa shape index (κ3) is 2.81. The van der Waals surface area contributed by atoms with Crippen LogP contribution in [-0.4, -0.2) is 29.2 Å². The Morgan fingerprint density at radius 1 is 1.11 bits per heavy atom. The van der Waals surface area contributed by atoms with E-state index in [1.165, 1.54) is 11.3 Å². The molecular weight excluding hydrogens is 372 g/mol. The van der Waals surface area contributed by atoms with Gasteiger partial charge in [-0.2, -0.15) is 0 Å². The molecule has 0 bridgehead atoms. The molecule has 5 nitrogen and oxygen atoms in total. The van der Waals surface area contributed by atoms with Crippen molar-refractivity contribution in [3.05, 3.63) is 69.4 Å². The number of carbonyl (C=O) groups excluding carboxylic acids is 3. The topological polar surface area (TPSA) is 66.5 Å². The van der Waals surface area contributed by atoms with Gasteiger partial charge in [-0.15, -0.1) is 11.3 Å². The van der Waals surface area contributed by atoms with E-state index in [0.717, 1.165) is 31.0 Å². The molecule has 1 N–H and O–H groups in total. The van der Waals surface area contributed by atoms with Crippen molar-refractivity contribution in [1.82, 2.24) is 10.2 Å². The summed E-state index contributed by atoms with van der Waals surface area (Å²) in [5.41, 5.74) is 0.0843. The number of ketones is 1. The Hall–Kier alpha value is -2.99. The minimum Gasteiger partial charge on any atom is -0.319 e. The Balaban J connectivity index is 1.68. The zero-order chi connectivity index (χ0) is 20.1. The number of nitrogens with one attached hydrogen (secondary N) is 1. The highest BCUT2D eigenvalue weighted by Crippen LogP contribution is 2.34. The number of carbonyl (C=O) groups is 3.